The van der Waals surface area contributed by atoms with Crippen LogP contribution < -0.4 is 10.5 Å². The van der Waals surface area contributed by atoms with E-state index >= 15 is 0 Å². The third-order valence-electron chi connectivity index (χ3n) is 3.84. The number of thiophene rings is 1. The topological polar surface area (TPSA) is 50.2 Å². The number of benzene rings is 1. The standard InChI is InChI=1S/C16H17N3OS/c1-11(19(2)9-12-7-8-21-10-12)15-17-14-6-4-3-5-13(14)16(20)18-15/h3-8,10-11H,9H2,1-2H3,(H,17,18,20)/p+1/t11-/m0/s1. The molecule has 5 heteroatoms. The van der Waals surface area contributed by atoms with Crippen molar-refractivity contribution in [2.75, 3.05) is 7.05 Å². The first-order valence-corrected chi connectivity index (χ1v) is 7.92. The molecule has 2 heterocycles. The second-order valence-electron chi connectivity index (χ2n) is 5.34. The highest BCUT2D eigenvalue weighted by molar-refractivity contribution is 7.07. The molecule has 0 radical (unpaired) electrons. The van der Waals surface area contributed by atoms with E-state index in [4.69, 9.17) is 0 Å². The molecule has 0 saturated heterocycles. The maximum atomic E-state index is 12.1. The van der Waals surface area contributed by atoms with Crippen LogP contribution >= 0.6 is 11.3 Å². The lowest BCUT2D eigenvalue weighted by atomic mass is 10.2. The zero-order valence-electron chi connectivity index (χ0n) is 12.1. The molecular formula is C16H18N3OS+. The Balaban J connectivity index is 1.90. The highest BCUT2D eigenvalue weighted by Gasteiger charge is 2.19. The predicted octanol–water partition coefficient (Wildman–Crippen LogP) is 1.76. The molecule has 0 aliphatic carbocycles. The molecule has 0 amide bonds. The molecule has 0 aliphatic heterocycles. The van der Waals surface area contributed by atoms with Crippen molar-refractivity contribution in [3.8, 4) is 0 Å². The fourth-order valence-corrected chi connectivity index (χ4v) is 3.08. The van der Waals surface area contributed by atoms with Gasteiger partial charge < -0.3 is 9.88 Å². The van der Waals surface area contributed by atoms with Gasteiger partial charge in [-0.25, -0.2) is 4.98 Å². The van der Waals surface area contributed by atoms with Gasteiger partial charge in [-0.3, -0.25) is 4.79 Å². The Hall–Kier alpha value is -1.98. The Bertz CT molecular complexity index is 795. The summed E-state index contributed by atoms with van der Waals surface area (Å²) in [6, 6.07) is 9.72. The maximum Gasteiger partial charge on any atom is 0.258 e. The first kappa shape index (κ1) is 14.0. The van der Waals surface area contributed by atoms with E-state index in [0.29, 0.717) is 5.39 Å². The summed E-state index contributed by atoms with van der Waals surface area (Å²) in [5.74, 6) is 0.742. The summed E-state index contributed by atoms with van der Waals surface area (Å²) < 4.78 is 0. The van der Waals surface area contributed by atoms with Crippen LogP contribution in [0.1, 0.15) is 24.4 Å². The van der Waals surface area contributed by atoms with Crippen LogP contribution in [0.25, 0.3) is 10.9 Å². The molecule has 0 aliphatic rings. The third-order valence-corrected chi connectivity index (χ3v) is 4.58. The second-order valence-corrected chi connectivity index (χ2v) is 6.12. The minimum Gasteiger partial charge on any atom is -0.325 e. The second kappa shape index (κ2) is 5.79. The van der Waals surface area contributed by atoms with Gasteiger partial charge in [0.1, 0.15) is 12.6 Å². The third kappa shape index (κ3) is 2.89. The normalized spacial score (nSPS) is 14.2. The Labute approximate surface area is 127 Å². The van der Waals surface area contributed by atoms with Crippen LogP contribution in [0.5, 0.6) is 0 Å². The van der Waals surface area contributed by atoms with Gasteiger partial charge in [-0.1, -0.05) is 12.1 Å². The summed E-state index contributed by atoms with van der Waals surface area (Å²) in [4.78, 5) is 21.0. The van der Waals surface area contributed by atoms with Crippen LogP contribution in [-0.4, -0.2) is 17.0 Å². The summed E-state index contributed by atoms with van der Waals surface area (Å²) in [7, 11) is 2.12. The molecule has 1 unspecified atom stereocenters. The molecule has 3 aromatic rings. The minimum atomic E-state index is -0.0641. The highest BCUT2D eigenvalue weighted by atomic mass is 32.1. The van der Waals surface area contributed by atoms with E-state index in [9.17, 15) is 4.79 Å². The number of H-pyrrole nitrogens is 1. The molecule has 2 atom stereocenters. The Morgan fingerprint density at radius 3 is 2.90 bits per heavy atom. The smallest absolute Gasteiger partial charge is 0.258 e. The van der Waals surface area contributed by atoms with E-state index in [1.165, 1.54) is 10.5 Å². The van der Waals surface area contributed by atoms with Crippen molar-refractivity contribution < 1.29 is 4.90 Å². The summed E-state index contributed by atoms with van der Waals surface area (Å²) in [5, 5.41) is 4.89. The highest BCUT2D eigenvalue weighted by Crippen LogP contribution is 2.10. The van der Waals surface area contributed by atoms with Crippen molar-refractivity contribution in [1.82, 2.24) is 9.97 Å². The van der Waals surface area contributed by atoms with Crippen molar-refractivity contribution in [1.29, 1.82) is 0 Å². The summed E-state index contributed by atoms with van der Waals surface area (Å²) in [6.45, 7) is 3.01. The molecule has 108 valence electrons. The molecule has 2 N–H and O–H groups in total. The number of nitrogens with one attached hydrogen (secondary N) is 2. The summed E-state index contributed by atoms with van der Waals surface area (Å²) in [5.41, 5.74) is 2.00. The lowest BCUT2D eigenvalue weighted by Crippen LogP contribution is -3.07. The van der Waals surface area contributed by atoms with E-state index in [-0.39, 0.29) is 11.6 Å². The molecule has 1 aromatic carbocycles. The molecule has 0 fully saturated rings. The molecule has 0 bridgehead atoms. The van der Waals surface area contributed by atoms with Crippen LogP contribution in [0.2, 0.25) is 0 Å². The van der Waals surface area contributed by atoms with E-state index in [2.05, 4.69) is 40.8 Å². The molecule has 2 aromatic heterocycles. The molecule has 0 saturated carbocycles. The fraction of sp³-hybridized carbons (Fsp3) is 0.250. The first-order valence-electron chi connectivity index (χ1n) is 6.97. The largest absolute Gasteiger partial charge is 0.325 e. The van der Waals surface area contributed by atoms with Crippen molar-refractivity contribution in [3.05, 3.63) is 62.8 Å². The quantitative estimate of drug-likeness (QED) is 0.771. The lowest BCUT2D eigenvalue weighted by Gasteiger charge is -2.20. The van der Waals surface area contributed by atoms with Crippen molar-refractivity contribution >= 4 is 22.2 Å². The summed E-state index contributed by atoms with van der Waals surface area (Å²) in [6.07, 6.45) is 0. The van der Waals surface area contributed by atoms with Gasteiger partial charge in [0.2, 0.25) is 0 Å². The van der Waals surface area contributed by atoms with Gasteiger partial charge in [0, 0.05) is 5.56 Å². The number of hydrogen-bond acceptors (Lipinski definition) is 3. The van der Waals surface area contributed by atoms with Gasteiger partial charge >= 0.3 is 0 Å². The van der Waals surface area contributed by atoms with Gasteiger partial charge in [-0.2, -0.15) is 11.3 Å². The van der Waals surface area contributed by atoms with Crippen LogP contribution in [0, 0.1) is 0 Å². The Kier molecular flexibility index (Phi) is 3.86. The number of quaternary nitrogens is 1. The van der Waals surface area contributed by atoms with E-state index < -0.39 is 0 Å². The average molecular weight is 300 g/mol. The SMILES string of the molecule is C[C@@H](c1nc2ccccc2c(=O)[nH]1)[NH+](C)Cc1ccsc1. The van der Waals surface area contributed by atoms with E-state index in [0.717, 1.165) is 17.9 Å². The van der Waals surface area contributed by atoms with Gasteiger partial charge in [-0.05, 0) is 35.9 Å². The average Bonchev–Trinajstić information content (AvgIpc) is 2.99. The Morgan fingerprint density at radius 1 is 1.33 bits per heavy atom. The molecule has 4 nitrogen and oxygen atoms in total. The molecule has 0 spiro atoms. The number of nitrogens with zero attached hydrogens (tertiary/aromatic N) is 1. The Morgan fingerprint density at radius 2 is 2.14 bits per heavy atom. The number of aromatic amines is 1. The van der Waals surface area contributed by atoms with Gasteiger partial charge in [0.15, 0.2) is 5.82 Å². The van der Waals surface area contributed by atoms with Crippen LogP contribution in [-0.2, 0) is 6.54 Å². The maximum absolute atomic E-state index is 12.1. The van der Waals surface area contributed by atoms with Gasteiger partial charge in [0.25, 0.3) is 5.56 Å². The number of hydrogen-bond donors (Lipinski definition) is 2. The monoisotopic (exact) mass is 300 g/mol. The van der Waals surface area contributed by atoms with Crippen molar-refractivity contribution in [2.45, 2.75) is 19.5 Å². The zero-order chi connectivity index (χ0) is 14.8. The van der Waals surface area contributed by atoms with Crippen LogP contribution in [0.3, 0.4) is 0 Å². The van der Waals surface area contributed by atoms with E-state index in [1.807, 2.05) is 18.2 Å². The molecule has 3 rings (SSSR count). The van der Waals surface area contributed by atoms with Crippen molar-refractivity contribution in [3.63, 3.8) is 0 Å². The predicted molar refractivity (Wildman–Crippen MR) is 85.7 cm³/mol. The number of fused-ring (bicyclic) bond motifs is 1. The van der Waals surface area contributed by atoms with Crippen LogP contribution in [0.15, 0.2) is 45.9 Å². The van der Waals surface area contributed by atoms with Crippen LogP contribution in [0.4, 0.5) is 0 Å². The minimum absolute atomic E-state index is 0.0641. The van der Waals surface area contributed by atoms with Gasteiger partial charge in [0.05, 0.1) is 18.0 Å². The lowest BCUT2D eigenvalue weighted by molar-refractivity contribution is -0.924. The molecular weight excluding hydrogens is 282 g/mol. The van der Waals surface area contributed by atoms with E-state index in [1.54, 1.807) is 17.4 Å². The first-order chi connectivity index (χ1) is 10.1. The molecule has 21 heavy (non-hydrogen) atoms. The number of rotatable bonds is 4. The summed E-state index contributed by atoms with van der Waals surface area (Å²) >= 11 is 1.71. The van der Waals surface area contributed by atoms with Gasteiger partial charge in [-0.15, -0.1) is 0 Å². The number of para-hydroxylation sites is 1. The zero-order valence-corrected chi connectivity index (χ0v) is 12.9. The fourth-order valence-electron chi connectivity index (χ4n) is 2.41. The van der Waals surface area contributed by atoms with Crippen molar-refractivity contribution in [2.24, 2.45) is 0 Å². The number of aromatic nitrogens is 2.